The second-order valence-corrected chi connectivity index (χ2v) is 11.4. The fourth-order valence-electron chi connectivity index (χ4n) is 4.41. The number of phenolic OH excluding ortho intramolecular Hbond substituents is 1. The SMILES string of the molecule is C[S+]([O-])c1ccc(-c2ccc3cc(O)ccc3c2Oc2ccc(OCCN3CCCCC3)cc2)s1. The van der Waals surface area contributed by atoms with Crippen molar-refractivity contribution >= 4 is 33.3 Å². The number of hydrogen-bond donors (Lipinski definition) is 1. The summed E-state index contributed by atoms with van der Waals surface area (Å²) in [7, 11) is 0. The van der Waals surface area contributed by atoms with Gasteiger partial charge in [0.1, 0.15) is 35.9 Å². The lowest BCUT2D eigenvalue weighted by atomic mass is 10.0. The Labute approximate surface area is 213 Å². The summed E-state index contributed by atoms with van der Waals surface area (Å²) in [6, 6.07) is 20.8. The second kappa shape index (κ2) is 10.9. The number of benzene rings is 3. The van der Waals surface area contributed by atoms with Crippen LogP contribution in [0.15, 0.2) is 70.9 Å². The highest BCUT2D eigenvalue weighted by Crippen LogP contribution is 2.43. The third-order valence-corrected chi connectivity index (χ3v) is 8.82. The van der Waals surface area contributed by atoms with E-state index in [0.29, 0.717) is 18.1 Å². The van der Waals surface area contributed by atoms with Crippen molar-refractivity contribution in [2.45, 2.75) is 23.5 Å². The fourth-order valence-corrected chi connectivity index (χ4v) is 6.17. The van der Waals surface area contributed by atoms with Gasteiger partial charge in [-0.05, 0) is 97.1 Å². The van der Waals surface area contributed by atoms with E-state index in [4.69, 9.17) is 9.47 Å². The third kappa shape index (κ3) is 5.76. The summed E-state index contributed by atoms with van der Waals surface area (Å²) >= 11 is 0.464. The van der Waals surface area contributed by atoms with Gasteiger partial charge in [0.25, 0.3) is 0 Å². The van der Waals surface area contributed by atoms with E-state index >= 15 is 0 Å². The molecule has 5 nitrogen and oxygen atoms in total. The van der Waals surface area contributed by atoms with Crippen LogP contribution < -0.4 is 9.47 Å². The highest BCUT2D eigenvalue weighted by Gasteiger charge is 2.17. The molecule has 35 heavy (non-hydrogen) atoms. The molecule has 2 heterocycles. The number of ether oxygens (including phenoxy) is 2. The van der Waals surface area contributed by atoms with E-state index in [9.17, 15) is 9.66 Å². The first kappa shape index (κ1) is 24.0. The summed E-state index contributed by atoms with van der Waals surface area (Å²) in [6.45, 7) is 3.97. The average Bonchev–Trinajstić information content (AvgIpc) is 3.36. The molecule has 1 saturated heterocycles. The van der Waals surface area contributed by atoms with Gasteiger partial charge in [0.2, 0.25) is 4.21 Å². The number of fused-ring (bicyclic) bond motifs is 1. The zero-order chi connectivity index (χ0) is 24.2. The Morgan fingerprint density at radius 2 is 1.71 bits per heavy atom. The first-order valence-electron chi connectivity index (χ1n) is 11.9. The van der Waals surface area contributed by atoms with Gasteiger partial charge >= 0.3 is 0 Å². The smallest absolute Gasteiger partial charge is 0.206 e. The third-order valence-electron chi connectivity index (χ3n) is 6.25. The number of aromatic hydroxyl groups is 1. The van der Waals surface area contributed by atoms with Crippen molar-refractivity contribution in [1.82, 2.24) is 4.90 Å². The number of piperidine rings is 1. The van der Waals surface area contributed by atoms with Crippen molar-refractivity contribution in [3.8, 4) is 33.4 Å². The maximum Gasteiger partial charge on any atom is 0.206 e. The molecule has 4 aromatic rings. The van der Waals surface area contributed by atoms with Crippen molar-refractivity contribution in [2.24, 2.45) is 0 Å². The molecule has 7 heteroatoms. The number of nitrogens with zero attached hydrogens (tertiary/aromatic N) is 1. The summed E-state index contributed by atoms with van der Waals surface area (Å²) in [5.74, 6) is 2.44. The Hall–Kier alpha value is -2.71. The van der Waals surface area contributed by atoms with Gasteiger partial charge in [0.05, 0.1) is 0 Å². The fraction of sp³-hybridized carbons (Fsp3) is 0.286. The minimum absolute atomic E-state index is 0.210. The molecule has 182 valence electrons. The van der Waals surface area contributed by atoms with Gasteiger partial charge in [0.15, 0.2) is 0 Å². The molecule has 1 aliphatic rings. The van der Waals surface area contributed by atoms with E-state index in [1.54, 1.807) is 18.4 Å². The summed E-state index contributed by atoms with van der Waals surface area (Å²) < 4.78 is 25.2. The van der Waals surface area contributed by atoms with Crippen molar-refractivity contribution in [3.63, 3.8) is 0 Å². The lowest BCUT2D eigenvalue weighted by Gasteiger charge is -2.26. The average molecular weight is 508 g/mol. The predicted molar refractivity (Wildman–Crippen MR) is 144 cm³/mol. The standard InChI is InChI=1S/C28H29NO4S2/c1-35(31)27-14-13-26(34-27)25-11-5-20-19-21(30)6-12-24(20)28(25)33-23-9-7-22(8-10-23)32-18-17-29-15-3-2-4-16-29/h5-14,19,30H,2-4,15-18H2,1H3. The van der Waals surface area contributed by atoms with Crippen LogP contribution in [0.5, 0.6) is 23.0 Å². The lowest BCUT2D eigenvalue weighted by Crippen LogP contribution is -2.33. The Bertz CT molecular complexity index is 1280. The van der Waals surface area contributed by atoms with Gasteiger partial charge in [-0.2, -0.15) is 0 Å². The van der Waals surface area contributed by atoms with E-state index in [1.165, 1.54) is 43.7 Å². The van der Waals surface area contributed by atoms with Crippen LogP contribution in [0.2, 0.25) is 0 Å². The van der Waals surface area contributed by atoms with Gasteiger partial charge in [-0.3, -0.25) is 4.90 Å². The number of likely N-dealkylation sites (tertiary alicyclic amines) is 1. The van der Waals surface area contributed by atoms with Crippen LogP contribution in [0.1, 0.15) is 19.3 Å². The Morgan fingerprint density at radius 3 is 2.46 bits per heavy atom. The molecular weight excluding hydrogens is 478 g/mol. The van der Waals surface area contributed by atoms with Crippen molar-refractivity contribution in [2.75, 3.05) is 32.5 Å². The van der Waals surface area contributed by atoms with Crippen LogP contribution in [0, 0.1) is 0 Å². The summed E-state index contributed by atoms with van der Waals surface area (Å²) in [5.41, 5.74) is 0.923. The summed E-state index contributed by atoms with van der Waals surface area (Å²) in [5, 5.41) is 11.7. The molecule has 1 unspecified atom stereocenters. The number of thiophene rings is 1. The van der Waals surface area contributed by atoms with Gasteiger partial charge < -0.3 is 19.1 Å². The minimum Gasteiger partial charge on any atom is -0.611 e. The maximum absolute atomic E-state index is 12.0. The molecule has 0 spiro atoms. The van der Waals surface area contributed by atoms with E-state index in [1.807, 2.05) is 54.6 Å². The van der Waals surface area contributed by atoms with Crippen LogP contribution >= 0.6 is 11.3 Å². The number of rotatable bonds is 8. The second-order valence-electron chi connectivity index (χ2n) is 8.74. The molecule has 1 aliphatic heterocycles. The van der Waals surface area contributed by atoms with Gasteiger partial charge in [0, 0.05) is 28.4 Å². The highest BCUT2D eigenvalue weighted by atomic mass is 32.2. The van der Waals surface area contributed by atoms with Gasteiger partial charge in [-0.25, -0.2) is 0 Å². The first-order valence-corrected chi connectivity index (χ1v) is 14.3. The molecule has 0 bridgehead atoms. The lowest BCUT2D eigenvalue weighted by molar-refractivity contribution is 0.183. The molecule has 0 amide bonds. The minimum atomic E-state index is -1.04. The zero-order valence-corrected chi connectivity index (χ0v) is 21.4. The molecule has 1 aromatic heterocycles. The Kier molecular flexibility index (Phi) is 7.48. The molecule has 0 aliphatic carbocycles. The van der Waals surface area contributed by atoms with Crippen molar-refractivity contribution in [1.29, 1.82) is 0 Å². The molecular formula is C28H29NO4S2. The molecule has 1 N–H and O–H groups in total. The van der Waals surface area contributed by atoms with Crippen molar-refractivity contribution in [3.05, 3.63) is 66.7 Å². The van der Waals surface area contributed by atoms with Crippen LogP contribution in [0.25, 0.3) is 21.2 Å². The van der Waals surface area contributed by atoms with E-state index in [2.05, 4.69) is 4.90 Å². The topological polar surface area (TPSA) is 65.0 Å². The zero-order valence-electron chi connectivity index (χ0n) is 19.7. The monoisotopic (exact) mass is 507 g/mol. The van der Waals surface area contributed by atoms with Gasteiger partial charge in [-0.15, -0.1) is 0 Å². The van der Waals surface area contributed by atoms with Gasteiger partial charge in [-0.1, -0.05) is 23.8 Å². The largest absolute Gasteiger partial charge is 0.611 e. The Balaban J connectivity index is 1.37. The van der Waals surface area contributed by atoms with Crippen molar-refractivity contribution < 1.29 is 19.1 Å². The van der Waals surface area contributed by atoms with Crippen LogP contribution in [-0.2, 0) is 11.2 Å². The molecule has 0 saturated carbocycles. The normalized spacial score (nSPS) is 15.3. The van der Waals surface area contributed by atoms with Crippen LogP contribution in [0.3, 0.4) is 0 Å². The molecule has 0 radical (unpaired) electrons. The van der Waals surface area contributed by atoms with E-state index in [0.717, 1.165) is 37.7 Å². The van der Waals surface area contributed by atoms with E-state index < -0.39 is 11.2 Å². The first-order chi connectivity index (χ1) is 17.1. The quantitative estimate of drug-likeness (QED) is 0.270. The molecule has 1 atom stereocenters. The molecule has 1 fully saturated rings. The summed E-state index contributed by atoms with van der Waals surface area (Å²) in [6.07, 6.45) is 5.59. The van der Waals surface area contributed by atoms with Crippen LogP contribution in [-0.4, -0.2) is 47.1 Å². The predicted octanol–water partition coefficient (Wildman–Crippen LogP) is 6.67. The highest BCUT2D eigenvalue weighted by molar-refractivity contribution is 7.92. The maximum atomic E-state index is 12.0. The summed E-state index contributed by atoms with van der Waals surface area (Å²) in [4.78, 5) is 3.45. The van der Waals surface area contributed by atoms with E-state index in [-0.39, 0.29) is 5.75 Å². The number of phenols is 1. The molecule has 3 aromatic carbocycles. The molecule has 5 rings (SSSR count). The van der Waals surface area contributed by atoms with Crippen LogP contribution in [0.4, 0.5) is 0 Å². The number of hydrogen-bond acceptors (Lipinski definition) is 6. The Morgan fingerprint density at radius 1 is 0.943 bits per heavy atom.